The molecule has 6 nitrogen and oxygen atoms in total. The Hall–Kier alpha value is -2.95. The molecule has 1 heterocycles. The molecule has 0 spiro atoms. The number of nitrogens with zero attached hydrogens (tertiary/aromatic N) is 3. The predicted molar refractivity (Wildman–Crippen MR) is 124 cm³/mol. The molecule has 8 heteroatoms. The van der Waals surface area contributed by atoms with E-state index < -0.39 is 0 Å². The molecule has 2 atom stereocenters. The first-order chi connectivity index (χ1) is 15.8. The molecule has 2 aromatic carbocycles. The molecule has 0 saturated carbocycles. The summed E-state index contributed by atoms with van der Waals surface area (Å²) in [5.74, 6) is -0.392. The molecule has 0 aliphatic carbocycles. The van der Waals surface area contributed by atoms with E-state index in [9.17, 15) is 14.0 Å². The van der Waals surface area contributed by atoms with Crippen LogP contribution in [0.25, 0.3) is 0 Å². The highest BCUT2D eigenvalue weighted by Gasteiger charge is 2.32. The van der Waals surface area contributed by atoms with Crippen LogP contribution in [-0.2, 0) is 11.3 Å². The van der Waals surface area contributed by atoms with Gasteiger partial charge in [-0.15, -0.1) is 0 Å². The summed E-state index contributed by atoms with van der Waals surface area (Å²) in [5, 5.41) is 9.12. The van der Waals surface area contributed by atoms with Crippen molar-refractivity contribution in [2.75, 3.05) is 19.7 Å². The first kappa shape index (κ1) is 24.7. The topological polar surface area (TPSA) is 73.6 Å². The SMILES string of the molecule is C[C@@H]1CN(Cc2ccc(F)cc2)[C@@H](C)CN1C(=O)COc1ccc(Cl)cc1C(=O)CCC#N. The van der Waals surface area contributed by atoms with Gasteiger partial charge in [0, 0.05) is 49.6 Å². The summed E-state index contributed by atoms with van der Waals surface area (Å²) in [5.41, 5.74) is 1.30. The Morgan fingerprint density at radius 3 is 2.58 bits per heavy atom. The molecule has 0 radical (unpaired) electrons. The molecule has 1 aliphatic heterocycles. The van der Waals surface area contributed by atoms with E-state index in [2.05, 4.69) is 11.8 Å². The van der Waals surface area contributed by atoms with Gasteiger partial charge in [-0.1, -0.05) is 23.7 Å². The van der Waals surface area contributed by atoms with Gasteiger partial charge >= 0.3 is 0 Å². The summed E-state index contributed by atoms with van der Waals surface area (Å²) in [6.45, 7) is 5.75. The molecule has 0 unspecified atom stereocenters. The second-order valence-corrected chi connectivity index (χ2v) is 8.75. The molecule has 174 valence electrons. The van der Waals surface area contributed by atoms with Gasteiger partial charge in [0.15, 0.2) is 12.4 Å². The highest BCUT2D eigenvalue weighted by Crippen LogP contribution is 2.25. The Morgan fingerprint density at radius 2 is 1.88 bits per heavy atom. The molecule has 1 fully saturated rings. The number of ketones is 1. The fourth-order valence-electron chi connectivity index (χ4n) is 3.96. The molecule has 0 N–H and O–H groups in total. The van der Waals surface area contributed by atoms with Crippen molar-refractivity contribution >= 4 is 23.3 Å². The fraction of sp³-hybridized carbons (Fsp3) is 0.400. The van der Waals surface area contributed by atoms with Crippen molar-refractivity contribution < 1.29 is 18.7 Å². The largest absolute Gasteiger partial charge is 0.483 e. The third-order valence-electron chi connectivity index (χ3n) is 5.79. The predicted octanol–water partition coefficient (Wildman–Crippen LogP) is 4.47. The van der Waals surface area contributed by atoms with Crippen LogP contribution in [0.2, 0.25) is 5.02 Å². The van der Waals surface area contributed by atoms with Crippen molar-refractivity contribution in [3.8, 4) is 11.8 Å². The van der Waals surface area contributed by atoms with E-state index >= 15 is 0 Å². The zero-order valence-corrected chi connectivity index (χ0v) is 19.5. The van der Waals surface area contributed by atoms with Crippen LogP contribution >= 0.6 is 11.6 Å². The first-order valence-electron chi connectivity index (χ1n) is 10.9. The van der Waals surface area contributed by atoms with E-state index in [0.717, 1.165) is 5.56 Å². The summed E-state index contributed by atoms with van der Waals surface area (Å²) in [6, 6.07) is 13.2. The Labute approximate surface area is 198 Å². The van der Waals surface area contributed by atoms with Gasteiger partial charge in [-0.25, -0.2) is 4.39 Å². The van der Waals surface area contributed by atoms with Gasteiger partial charge in [0.25, 0.3) is 5.91 Å². The van der Waals surface area contributed by atoms with Crippen molar-refractivity contribution in [1.29, 1.82) is 5.26 Å². The van der Waals surface area contributed by atoms with Crippen LogP contribution in [-0.4, -0.2) is 53.3 Å². The molecule has 0 aromatic heterocycles. The van der Waals surface area contributed by atoms with E-state index in [4.69, 9.17) is 21.6 Å². The standard InChI is InChI=1S/C25H27ClFN3O3/c1-17-14-30(18(2)13-29(17)15-19-5-8-21(27)9-6-19)25(32)16-33-24-10-7-20(26)12-22(24)23(31)4-3-11-28/h5-10,12,17-18H,3-4,13-16H2,1-2H3/t17-,18+/m0/s1. The van der Waals surface area contributed by atoms with Crippen molar-refractivity contribution in [3.63, 3.8) is 0 Å². The number of piperazine rings is 1. The summed E-state index contributed by atoms with van der Waals surface area (Å²) in [4.78, 5) is 29.4. The molecule has 1 aliphatic rings. The zero-order valence-electron chi connectivity index (χ0n) is 18.8. The quantitative estimate of drug-likeness (QED) is 0.531. The smallest absolute Gasteiger partial charge is 0.260 e. The Balaban J connectivity index is 1.61. The molecule has 33 heavy (non-hydrogen) atoms. The fourth-order valence-corrected chi connectivity index (χ4v) is 4.13. The number of nitriles is 1. The van der Waals surface area contributed by atoms with Crippen LogP contribution < -0.4 is 4.74 Å². The van der Waals surface area contributed by atoms with E-state index in [1.165, 1.54) is 18.2 Å². The minimum Gasteiger partial charge on any atom is -0.483 e. The van der Waals surface area contributed by atoms with Crippen LogP contribution in [0.1, 0.15) is 42.6 Å². The van der Waals surface area contributed by atoms with Gasteiger partial charge in [-0.2, -0.15) is 5.26 Å². The van der Waals surface area contributed by atoms with Crippen LogP contribution in [0, 0.1) is 17.1 Å². The summed E-state index contributed by atoms with van der Waals surface area (Å²) in [6.07, 6.45) is 0.160. The molecule has 0 bridgehead atoms. The number of Topliss-reactive ketones (excluding diaryl/α,β-unsaturated/α-hetero) is 1. The van der Waals surface area contributed by atoms with Crippen molar-refractivity contribution in [1.82, 2.24) is 9.80 Å². The second kappa shape index (κ2) is 11.3. The van der Waals surface area contributed by atoms with Crippen molar-refractivity contribution in [2.24, 2.45) is 0 Å². The van der Waals surface area contributed by atoms with Crippen molar-refractivity contribution in [2.45, 2.75) is 45.3 Å². The van der Waals surface area contributed by atoms with Gasteiger partial charge in [-0.3, -0.25) is 14.5 Å². The minimum absolute atomic E-state index is 0.0281. The Bertz CT molecular complexity index is 1040. The summed E-state index contributed by atoms with van der Waals surface area (Å²) < 4.78 is 18.9. The number of benzene rings is 2. The Morgan fingerprint density at radius 1 is 1.15 bits per heavy atom. The number of carbonyl (C=O) groups excluding carboxylic acids is 2. The number of carbonyl (C=O) groups is 2. The van der Waals surface area contributed by atoms with Gasteiger partial charge in [0.2, 0.25) is 0 Å². The lowest BCUT2D eigenvalue weighted by Gasteiger charge is -2.44. The van der Waals surface area contributed by atoms with Crippen LogP contribution in [0.15, 0.2) is 42.5 Å². The lowest BCUT2D eigenvalue weighted by Crippen LogP contribution is -2.58. The third-order valence-corrected chi connectivity index (χ3v) is 6.03. The van der Waals surface area contributed by atoms with Crippen molar-refractivity contribution in [3.05, 3.63) is 64.4 Å². The van der Waals surface area contributed by atoms with Gasteiger partial charge in [0.05, 0.1) is 11.6 Å². The van der Waals surface area contributed by atoms with Gasteiger partial charge < -0.3 is 9.64 Å². The third kappa shape index (κ3) is 6.53. The number of ether oxygens (including phenoxy) is 1. The maximum atomic E-state index is 13.2. The molecular weight excluding hydrogens is 445 g/mol. The van der Waals surface area contributed by atoms with E-state index in [-0.39, 0.29) is 60.4 Å². The average molecular weight is 472 g/mol. The minimum atomic E-state index is -0.258. The van der Waals surface area contributed by atoms with E-state index in [1.54, 1.807) is 29.2 Å². The van der Waals surface area contributed by atoms with Crippen LogP contribution in [0.5, 0.6) is 5.75 Å². The number of rotatable bonds is 8. The number of hydrogen-bond acceptors (Lipinski definition) is 5. The van der Waals surface area contributed by atoms with Crippen LogP contribution in [0.3, 0.4) is 0 Å². The Kier molecular flexibility index (Phi) is 8.43. The van der Waals surface area contributed by atoms with Gasteiger partial charge in [-0.05, 0) is 49.7 Å². The molecule has 1 amide bonds. The van der Waals surface area contributed by atoms with E-state index in [1.807, 2.05) is 13.0 Å². The maximum absolute atomic E-state index is 13.2. The van der Waals surface area contributed by atoms with E-state index in [0.29, 0.717) is 24.7 Å². The highest BCUT2D eigenvalue weighted by molar-refractivity contribution is 6.31. The molecule has 2 aromatic rings. The number of halogens is 2. The molecular formula is C25H27ClFN3O3. The summed E-state index contributed by atoms with van der Waals surface area (Å²) in [7, 11) is 0. The lowest BCUT2D eigenvalue weighted by atomic mass is 10.1. The summed E-state index contributed by atoms with van der Waals surface area (Å²) >= 11 is 6.02. The van der Waals surface area contributed by atoms with Gasteiger partial charge in [0.1, 0.15) is 11.6 Å². The monoisotopic (exact) mass is 471 g/mol. The highest BCUT2D eigenvalue weighted by atomic mass is 35.5. The zero-order chi connectivity index (χ0) is 24.0. The number of amides is 1. The molecule has 3 rings (SSSR count). The normalized spacial score (nSPS) is 18.6. The maximum Gasteiger partial charge on any atom is 0.260 e. The molecule has 1 saturated heterocycles. The second-order valence-electron chi connectivity index (χ2n) is 8.31. The number of hydrogen-bond donors (Lipinski definition) is 0. The average Bonchev–Trinajstić information content (AvgIpc) is 2.80. The first-order valence-corrected chi connectivity index (χ1v) is 11.3. The lowest BCUT2D eigenvalue weighted by molar-refractivity contribution is -0.139. The van der Waals surface area contributed by atoms with Crippen LogP contribution in [0.4, 0.5) is 4.39 Å².